The van der Waals surface area contributed by atoms with E-state index in [1.165, 1.54) is 6.07 Å². The van der Waals surface area contributed by atoms with Crippen molar-refractivity contribution in [1.82, 2.24) is 0 Å². The van der Waals surface area contributed by atoms with Crippen molar-refractivity contribution < 1.29 is 4.92 Å². The van der Waals surface area contributed by atoms with Gasteiger partial charge in [-0.3, -0.25) is 20.1 Å². The molecule has 0 radical (unpaired) electrons. The molecule has 0 spiro atoms. The lowest BCUT2D eigenvalue weighted by Crippen LogP contribution is -2.43. The van der Waals surface area contributed by atoms with Crippen LogP contribution in [0.2, 0.25) is 0 Å². The second kappa shape index (κ2) is 9.66. The first-order valence-corrected chi connectivity index (χ1v) is 10.3. The van der Waals surface area contributed by atoms with E-state index in [2.05, 4.69) is 0 Å². The molecule has 2 N–H and O–H groups in total. The van der Waals surface area contributed by atoms with Crippen LogP contribution in [-0.2, 0) is 13.1 Å². The Morgan fingerprint density at radius 3 is 1.59 bits per heavy atom. The lowest BCUT2D eigenvalue weighted by atomic mass is 10.1. The van der Waals surface area contributed by atoms with Crippen molar-refractivity contribution in [1.29, 1.82) is 0 Å². The zero-order chi connectivity index (χ0) is 22.3. The second-order valence-corrected chi connectivity index (χ2v) is 7.39. The van der Waals surface area contributed by atoms with Crippen LogP contribution in [0.25, 0.3) is 0 Å². The van der Waals surface area contributed by atoms with E-state index in [4.69, 9.17) is 5.73 Å². The van der Waals surface area contributed by atoms with Gasteiger partial charge in [0.05, 0.1) is 29.4 Å². The Morgan fingerprint density at radius 1 is 0.625 bits per heavy atom. The quantitative estimate of drug-likeness (QED) is 0.220. The van der Waals surface area contributed by atoms with Crippen LogP contribution in [0.3, 0.4) is 0 Å². The van der Waals surface area contributed by atoms with E-state index >= 15 is 0 Å². The molecule has 0 amide bonds. The number of hydrazine groups is 1. The molecule has 4 rings (SSSR count). The summed E-state index contributed by atoms with van der Waals surface area (Å²) in [6.07, 6.45) is 0. The maximum atomic E-state index is 11.9. The van der Waals surface area contributed by atoms with E-state index in [1.54, 1.807) is 12.1 Å². The fourth-order valence-electron chi connectivity index (χ4n) is 3.67. The van der Waals surface area contributed by atoms with Crippen molar-refractivity contribution in [2.24, 2.45) is 0 Å². The number of rotatable bonds is 8. The minimum absolute atomic E-state index is 0.0380. The summed E-state index contributed by atoms with van der Waals surface area (Å²) in [6.45, 7) is 0.931. The van der Waals surface area contributed by atoms with Crippen LogP contribution in [0.5, 0.6) is 0 Å². The Kier molecular flexibility index (Phi) is 6.32. The number of benzene rings is 4. The molecule has 32 heavy (non-hydrogen) atoms. The lowest BCUT2D eigenvalue weighted by Gasteiger charge is -2.39. The largest absolute Gasteiger partial charge is 0.397 e. The van der Waals surface area contributed by atoms with Gasteiger partial charge in [0.15, 0.2) is 0 Å². The third-order valence-electron chi connectivity index (χ3n) is 5.21. The number of anilines is 3. The van der Waals surface area contributed by atoms with Gasteiger partial charge in [0.2, 0.25) is 0 Å². The number of hydrogen-bond acceptors (Lipinski definition) is 5. The maximum Gasteiger partial charge on any atom is 0.294 e. The van der Waals surface area contributed by atoms with Gasteiger partial charge in [-0.25, -0.2) is 0 Å². The molecule has 6 nitrogen and oxygen atoms in total. The second-order valence-electron chi connectivity index (χ2n) is 7.39. The van der Waals surface area contributed by atoms with Gasteiger partial charge < -0.3 is 5.73 Å². The normalized spacial score (nSPS) is 10.5. The smallest absolute Gasteiger partial charge is 0.294 e. The van der Waals surface area contributed by atoms with Crippen molar-refractivity contribution in [3.8, 4) is 0 Å². The minimum Gasteiger partial charge on any atom is -0.397 e. The third kappa shape index (κ3) is 4.70. The first-order chi connectivity index (χ1) is 15.6. The Morgan fingerprint density at radius 2 is 1.06 bits per heavy atom. The molecule has 0 aliphatic carbocycles. The first-order valence-electron chi connectivity index (χ1n) is 10.3. The SMILES string of the molecule is Nc1ccccc1N(Cc1ccccc1)N(Cc1ccccc1)c1ccccc1[N+](=O)[O-]. The van der Waals surface area contributed by atoms with Crippen molar-refractivity contribution in [3.63, 3.8) is 0 Å². The molecule has 0 fully saturated rings. The predicted molar refractivity (Wildman–Crippen MR) is 129 cm³/mol. The summed E-state index contributed by atoms with van der Waals surface area (Å²) < 4.78 is 0. The molecule has 0 aliphatic rings. The van der Waals surface area contributed by atoms with E-state index in [-0.39, 0.29) is 10.6 Å². The molecule has 0 saturated carbocycles. The summed E-state index contributed by atoms with van der Waals surface area (Å²) in [6, 6.07) is 34.3. The lowest BCUT2D eigenvalue weighted by molar-refractivity contribution is -0.384. The minimum atomic E-state index is -0.345. The highest BCUT2D eigenvalue weighted by molar-refractivity contribution is 5.73. The zero-order valence-corrected chi connectivity index (χ0v) is 17.5. The highest BCUT2D eigenvalue weighted by Crippen LogP contribution is 2.35. The molecule has 0 bridgehead atoms. The molecule has 0 aliphatic heterocycles. The van der Waals surface area contributed by atoms with Crippen LogP contribution in [0.1, 0.15) is 11.1 Å². The van der Waals surface area contributed by atoms with Crippen molar-refractivity contribution in [3.05, 3.63) is 130 Å². The molecular weight excluding hydrogens is 400 g/mol. The van der Waals surface area contributed by atoms with E-state index < -0.39 is 0 Å². The van der Waals surface area contributed by atoms with Gasteiger partial charge in [0.25, 0.3) is 5.69 Å². The summed E-state index contributed by atoms with van der Waals surface area (Å²) in [4.78, 5) is 11.6. The van der Waals surface area contributed by atoms with Crippen molar-refractivity contribution in [2.45, 2.75) is 13.1 Å². The highest BCUT2D eigenvalue weighted by Gasteiger charge is 2.26. The molecular formula is C26H24N4O2. The summed E-state index contributed by atoms with van der Waals surface area (Å²) in [5.74, 6) is 0. The first kappa shape index (κ1) is 20.9. The van der Waals surface area contributed by atoms with Crippen LogP contribution in [-0.4, -0.2) is 4.92 Å². The van der Waals surface area contributed by atoms with Crippen LogP contribution >= 0.6 is 0 Å². The Balaban J connectivity index is 1.88. The molecule has 4 aromatic rings. The number of para-hydroxylation sites is 4. The van der Waals surface area contributed by atoms with Gasteiger partial charge in [-0.15, -0.1) is 0 Å². The van der Waals surface area contributed by atoms with E-state index in [9.17, 15) is 10.1 Å². The molecule has 0 heterocycles. The van der Waals surface area contributed by atoms with Gasteiger partial charge >= 0.3 is 0 Å². The van der Waals surface area contributed by atoms with Gasteiger partial charge in [-0.05, 0) is 29.3 Å². The summed E-state index contributed by atoms with van der Waals surface area (Å²) in [5, 5.41) is 15.8. The van der Waals surface area contributed by atoms with Gasteiger partial charge in [-0.1, -0.05) is 84.9 Å². The number of hydrogen-bond donors (Lipinski definition) is 1. The fraction of sp³-hybridized carbons (Fsp3) is 0.0769. The standard InChI is InChI=1S/C26H24N4O2/c27-23-15-7-8-16-24(23)28(19-21-11-3-1-4-12-21)29(20-22-13-5-2-6-14-22)25-17-9-10-18-26(25)30(31)32/h1-18H,19-20,27H2. The van der Waals surface area contributed by atoms with Crippen molar-refractivity contribution in [2.75, 3.05) is 15.8 Å². The van der Waals surface area contributed by atoms with Crippen LogP contribution in [0.15, 0.2) is 109 Å². The Hall–Kier alpha value is -4.32. The highest BCUT2D eigenvalue weighted by atomic mass is 16.6. The van der Waals surface area contributed by atoms with Crippen molar-refractivity contribution >= 4 is 22.7 Å². The molecule has 0 unspecified atom stereocenters. The number of nitrogen functional groups attached to an aromatic ring is 1. The summed E-state index contributed by atoms with van der Waals surface area (Å²) in [7, 11) is 0. The van der Waals surface area contributed by atoms with Gasteiger partial charge in [0.1, 0.15) is 5.69 Å². The van der Waals surface area contributed by atoms with Crippen LogP contribution in [0.4, 0.5) is 22.7 Å². The topological polar surface area (TPSA) is 75.6 Å². The average Bonchev–Trinajstić information content (AvgIpc) is 2.83. The third-order valence-corrected chi connectivity index (χ3v) is 5.21. The Labute approximate surface area is 187 Å². The monoisotopic (exact) mass is 424 g/mol. The van der Waals surface area contributed by atoms with E-state index in [1.807, 2.05) is 101 Å². The summed E-state index contributed by atoms with van der Waals surface area (Å²) in [5.41, 5.74) is 10.4. The fourth-order valence-corrected chi connectivity index (χ4v) is 3.67. The Bertz CT molecular complexity index is 1180. The van der Waals surface area contributed by atoms with Gasteiger partial charge in [0, 0.05) is 6.07 Å². The molecule has 0 atom stereocenters. The molecule has 4 aromatic carbocycles. The van der Waals surface area contributed by atoms with E-state index in [0.717, 1.165) is 16.8 Å². The number of nitro groups is 1. The van der Waals surface area contributed by atoms with E-state index in [0.29, 0.717) is 24.5 Å². The molecule has 160 valence electrons. The molecule has 0 aromatic heterocycles. The average molecular weight is 425 g/mol. The summed E-state index contributed by atoms with van der Waals surface area (Å²) >= 11 is 0. The van der Waals surface area contributed by atoms with Crippen LogP contribution in [0, 0.1) is 10.1 Å². The molecule has 6 heteroatoms. The predicted octanol–water partition coefficient (Wildman–Crippen LogP) is 5.81. The zero-order valence-electron chi connectivity index (χ0n) is 17.5. The number of nitro benzene ring substituents is 1. The number of nitrogens with zero attached hydrogens (tertiary/aromatic N) is 3. The van der Waals surface area contributed by atoms with Crippen LogP contribution < -0.4 is 15.8 Å². The maximum absolute atomic E-state index is 11.9. The van der Waals surface area contributed by atoms with Gasteiger partial charge in [-0.2, -0.15) is 0 Å². The number of nitrogens with two attached hydrogens (primary N) is 1. The molecule has 0 saturated heterocycles.